The van der Waals surface area contributed by atoms with Crippen LogP contribution in [0.4, 0.5) is 0 Å². The van der Waals surface area contributed by atoms with Gasteiger partial charge in [0, 0.05) is 11.1 Å². The highest BCUT2D eigenvalue weighted by Gasteiger charge is 2.34. The van der Waals surface area contributed by atoms with E-state index < -0.39 is 6.10 Å². The first-order valence-corrected chi connectivity index (χ1v) is 7.33. The largest absolute Gasteiger partial charge is 0.508 e. The van der Waals surface area contributed by atoms with Crippen molar-refractivity contribution >= 4 is 5.78 Å². The molecule has 2 aromatic carbocycles. The van der Waals surface area contributed by atoms with Crippen LogP contribution in [0, 0.1) is 13.8 Å². The molecule has 0 aliphatic carbocycles. The van der Waals surface area contributed by atoms with Crippen LogP contribution < -0.4 is 9.47 Å². The Balaban J connectivity index is 2.10. The summed E-state index contributed by atoms with van der Waals surface area (Å²) in [5.74, 6) is 0.773. The van der Waals surface area contributed by atoms with Crippen molar-refractivity contribution in [1.82, 2.24) is 0 Å². The van der Waals surface area contributed by atoms with E-state index in [2.05, 4.69) is 0 Å². The van der Waals surface area contributed by atoms with Gasteiger partial charge in [0.1, 0.15) is 34.7 Å². The first kappa shape index (κ1) is 15.2. The van der Waals surface area contributed by atoms with Crippen molar-refractivity contribution in [1.29, 1.82) is 0 Å². The molecule has 0 radical (unpaired) electrons. The molecule has 2 aromatic rings. The highest BCUT2D eigenvalue weighted by atomic mass is 16.5. The van der Waals surface area contributed by atoms with E-state index in [0.717, 1.165) is 5.56 Å². The normalized spacial score (nSPS) is 16.7. The fraction of sp³-hybridized carbons (Fsp3) is 0.278. The summed E-state index contributed by atoms with van der Waals surface area (Å²) >= 11 is 0. The topological polar surface area (TPSA) is 76.0 Å². The molecule has 0 fully saturated rings. The maximum absolute atomic E-state index is 12.5. The number of carbonyl (C=O) groups is 1. The monoisotopic (exact) mass is 314 g/mol. The lowest BCUT2D eigenvalue weighted by atomic mass is 9.91. The van der Waals surface area contributed by atoms with E-state index in [0.29, 0.717) is 22.6 Å². The molecule has 0 aromatic heterocycles. The number of benzene rings is 2. The SMILES string of the molecule is COc1c(C)c(O)c2c(c1C)OC(c1ccc(O)cc1)CC2=O. The number of hydrogen-bond acceptors (Lipinski definition) is 5. The van der Waals surface area contributed by atoms with Gasteiger partial charge in [-0.25, -0.2) is 0 Å². The van der Waals surface area contributed by atoms with E-state index in [-0.39, 0.29) is 29.3 Å². The number of phenolic OH excluding ortho intramolecular Hbond substituents is 2. The molecular weight excluding hydrogens is 296 g/mol. The van der Waals surface area contributed by atoms with E-state index in [1.807, 2.05) is 0 Å². The molecule has 23 heavy (non-hydrogen) atoms. The molecule has 3 rings (SSSR count). The van der Waals surface area contributed by atoms with Crippen LogP contribution in [-0.4, -0.2) is 23.1 Å². The summed E-state index contributed by atoms with van der Waals surface area (Å²) in [7, 11) is 1.52. The van der Waals surface area contributed by atoms with Crippen molar-refractivity contribution < 1.29 is 24.5 Å². The van der Waals surface area contributed by atoms with Crippen LogP contribution in [-0.2, 0) is 0 Å². The third-order valence-electron chi connectivity index (χ3n) is 4.22. The molecule has 5 heteroatoms. The van der Waals surface area contributed by atoms with E-state index in [4.69, 9.17) is 9.47 Å². The number of rotatable bonds is 2. The Morgan fingerprint density at radius 1 is 1.13 bits per heavy atom. The molecule has 120 valence electrons. The third-order valence-corrected chi connectivity index (χ3v) is 4.22. The molecule has 2 N–H and O–H groups in total. The zero-order valence-corrected chi connectivity index (χ0v) is 13.2. The fourth-order valence-electron chi connectivity index (χ4n) is 3.02. The number of ketones is 1. The zero-order chi connectivity index (χ0) is 16.7. The van der Waals surface area contributed by atoms with Crippen LogP contribution in [0.2, 0.25) is 0 Å². The van der Waals surface area contributed by atoms with Crippen LogP contribution >= 0.6 is 0 Å². The Morgan fingerprint density at radius 2 is 1.78 bits per heavy atom. The van der Waals surface area contributed by atoms with Gasteiger partial charge in [0.25, 0.3) is 0 Å². The lowest BCUT2D eigenvalue weighted by Crippen LogP contribution is -2.22. The number of methoxy groups -OCH3 is 1. The van der Waals surface area contributed by atoms with Crippen LogP contribution in [0.1, 0.15) is 39.6 Å². The second kappa shape index (κ2) is 5.50. The first-order valence-electron chi connectivity index (χ1n) is 7.33. The molecule has 1 aliphatic rings. The maximum atomic E-state index is 12.5. The van der Waals surface area contributed by atoms with Gasteiger partial charge in [-0.3, -0.25) is 4.79 Å². The Morgan fingerprint density at radius 3 is 2.39 bits per heavy atom. The summed E-state index contributed by atoms with van der Waals surface area (Å²) < 4.78 is 11.3. The minimum atomic E-state index is -0.457. The number of Topliss-reactive ketones (excluding diaryl/α,β-unsaturated/α-hetero) is 1. The van der Waals surface area contributed by atoms with Crippen molar-refractivity contribution in [3.63, 3.8) is 0 Å². The lowest BCUT2D eigenvalue weighted by Gasteiger charge is -2.29. The summed E-state index contributed by atoms with van der Waals surface area (Å²) in [6, 6.07) is 6.55. The summed E-state index contributed by atoms with van der Waals surface area (Å²) in [5, 5.41) is 19.7. The van der Waals surface area contributed by atoms with Crippen LogP contribution in [0.15, 0.2) is 24.3 Å². The fourth-order valence-corrected chi connectivity index (χ4v) is 3.02. The molecule has 0 spiro atoms. The van der Waals surface area contributed by atoms with Gasteiger partial charge in [-0.15, -0.1) is 0 Å². The summed E-state index contributed by atoms with van der Waals surface area (Å²) in [5.41, 5.74) is 2.23. The van der Waals surface area contributed by atoms with Crippen molar-refractivity contribution in [2.75, 3.05) is 7.11 Å². The molecule has 1 heterocycles. The number of ether oxygens (including phenoxy) is 2. The van der Waals surface area contributed by atoms with Gasteiger partial charge in [-0.05, 0) is 31.5 Å². The Labute approximate surface area is 134 Å². The number of carbonyl (C=O) groups excluding carboxylic acids is 1. The molecule has 0 amide bonds. The minimum Gasteiger partial charge on any atom is -0.508 e. The lowest BCUT2D eigenvalue weighted by molar-refractivity contribution is 0.0842. The number of phenols is 2. The Kier molecular flexibility index (Phi) is 3.64. The minimum absolute atomic E-state index is 0.0865. The van der Waals surface area contributed by atoms with E-state index >= 15 is 0 Å². The van der Waals surface area contributed by atoms with Gasteiger partial charge in [-0.1, -0.05) is 12.1 Å². The summed E-state index contributed by atoms with van der Waals surface area (Å²) in [6.45, 7) is 3.51. The van der Waals surface area contributed by atoms with Gasteiger partial charge < -0.3 is 19.7 Å². The smallest absolute Gasteiger partial charge is 0.174 e. The van der Waals surface area contributed by atoms with Crippen LogP contribution in [0.3, 0.4) is 0 Å². The highest BCUT2D eigenvalue weighted by Crippen LogP contribution is 2.47. The van der Waals surface area contributed by atoms with Crippen molar-refractivity contribution in [2.24, 2.45) is 0 Å². The Hall–Kier alpha value is -2.69. The van der Waals surface area contributed by atoms with Gasteiger partial charge >= 0.3 is 0 Å². The predicted octanol–water partition coefficient (Wildman–Crippen LogP) is 3.43. The molecule has 0 saturated heterocycles. The van der Waals surface area contributed by atoms with Gasteiger partial charge in [-0.2, -0.15) is 0 Å². The van der Waals surface area contributed by atoms with E-state index in [1.54, 1.807) is 38.1 Å². The zero-order valence-electron chi connectivity index (χ0n) is 13.2. The first-order chi connectivity index (χ1) is 10.9. The van der Waals surface area contributed by atoms with Gasteiger partial charge in [0.05, 0.1) is 13.5 Å². The van der Waals surface area contributed by atoms with Crippen molar-refractivity contribution in [3.8, 4) is 23.0 Å². The van der Waals surface area contributed by atoms with Crippen molar-refractivity contribution in [2.45, 2.75) is 26.4 Å². The molecule has 5 nitrogen and oxygen atoms in total. The van der Waals surface area contributed by atoms with Crippen LogP contribution in [0.25, 0.3) is 0 Å². The average molecular weight is 314 g/mol. The summed E-state index contributed by atoms with van der Waals surface area (Å²) in [4.78, 5) is 12.5. The van der Waals surface area contributed by atoms with Gasteiger partial charge in [0.2, 0.25) is 0 Å². The van der Waals surface area contributed by atoms with Crippen molar-refractivity contribution in [3.05, 3.63) is 46.5 Å². The second-order valence-corrected chi connectivity index (χ2v) is 5.66. The van der Waals surface area contributed by atoms with E-state index in [9.17, 15) is 15.0 Å². The second-order valence-electron chi connectivity index (χ2n) is 5.66. The average Bonchev–Trinajstić information content (AvgIpc) is 2.53. The molecule has 1 atom stereocenters. The number of fused-ring (bicyclic) bond motifs is 1. The third kappa shape index (κ3) is 2.38. The standard InChI is InChI=1S/C18H18O5/c1-9-16(21)15-13(20)8-14(11-4-6-12(19)7-5-11)23-18(15)10(2)17(9)22-3/h4-7,14,19,21H,8H2,1-3H3. The number of aromatic hydroxyl groups is 2. The summed E-state index contributed by atoms with van der Waals surface area (Å²) in [6.07, 6.45) is -0.322. The predicted molar refractivity (Wildman–Crippen MR) is 84.6 cm³/mol. The van der Waals surface area contributed by atoms with E-state index in [1.165, 1.54) is 7.11 Å². The Bertz CT molecular complexity index is 777. The number of hydrogen-bond donors (Lipinski definition) is 2. The molecule has 0 saturated carbocycles. The molecule has 1 unspecified atom stereocenters. The maximum Gasteiger partial charge on any atom is 0.174 e. The van der Waals surface area contributed by atoms with Gasteiger partial charge in [0.15, 0.2) is 5.78 Å². The highest BCUT2D eigenvalue weighted by molar-refractivity contribution is 6.03. The molecular formula is C18H18O5. The quantitative estimate of drug-likeness (QED) is 0.888. The molecule has 0 bridgehead atoms. The van der Waals surface area contributed by atoms with Crippen LogP contribution in [0.5, 0.6) is 23.0 Å². The molecule has 1 aliphatic heterocycles.